The minimum atomic E-state index is -3.94. The molecule has 17 heavy (non-hydrogen) atoms. The third-order valence-electron chi connectivity index (χ3n) is 1.94. The van der Waals surface area contributed by atoms with E-state index in [4.69, 9.17) is 5.73 Å². The third-order valence-corrected chi connectivity index (χ3v) is 3.55. The smallest absolute Gasteiger partial charge is 0.246 e. The maximum atomic E-state index is 11.8. The molecule has 1 atom stereocenters. The van der Waals surface area contributed by atoms with Gasteiger partial charge in [-0.25, -0.2) is 13.1 Å². The molecule has 1 heterocycles. The Labute approximate surface area is 98.1 Å². The predicted octanol–water partition coefficient (Wildman–Crippen LogP) is -1.08. The first-order valence-electron chi connectivity index (χ1n) is 4.80. The Balaban J connectivity index is 2.94. The van der Waals surface area contributed by atoms with Crippen molar-refractivity contribution in [2.45, 2.75) is 24.3 Å². The number of primary amides is 1. The van der Waals surface area contributed by atoms with Crippen LogP contribution >= 0.6 is 0 Å². The lowest BCUT2D eigenvalue weighted by Crippen LogP contribution is -2.37. The highest BCUT2D eigenvalue weighted by Gasteiger charge is 2.20. The van der Waals surface area contributed by atoms with Crippen molar-refractivity contribution in [3.05, 3.63) is 28.7 Å². The maximum Gasteiger partial charge on any atom is 0.246 e. The summed E-state index contributed by atoms with van der Waals surface area (Å²) >= 11 is 0. The van der Waals surface area contributed by atoms with E-state index in [1.54, 1.807) is 0 Å². The van der Waals surface area contributed by atoms with E-state index in [1.807, 2.05) is 0 Å². The molecule has 7 nitrogen and oxygen atoms in total. The van der Waals surface area contributed by atoms with E-state index in [0.717, 1.165) is 12.3 Å². The fraction of sp³-hybridized carbons (Fsp3) is 0.333. The van der Waals surface area contributed by atoms with Crippen LogP contribution in [0.5, 0.6) is 0 Å². The number of aromatic nitrogens is 1. The van der Waals surface area contributed by atoms with Gasteiger partial charge >= 0.3 is 0 Å². The number of H-pyrrole nitrogens is 1. The van der Waals surface area contributed by atoms with Gasteiger partial charge in [0.2, 0.25) is 21.4 Å². The normalized spacial score (nSPS) is 13.2. The number of sulfonamides is 1. The van der Waals surface area contributed by atoms with Gasteiger partial charge in [-0.2, -0.15) is 0 Å². The van der Waals surface area contributed by atoms with Crippen molar-refractivity contribution in [2.75, 3.05) is 0 Å². The summed E-state index contributed by atoms with van der Waals surface area (Å²) in [7, 11) is -3.94. The van der Waals surface area contributed by atoms with Gasteiger partial charge in [-0.05, 0) is 6.92 Å². The molecule has 0 spiro atoms. The van der Waals surface area contributed by atoms with E-state index in [9.17, 15) is 18.0 Å². The first kappa shape index (κ1) is 13.4. The number of pyridine rings is 1. The van der Waals surface area contributed by atoms with Crippen LogP contribution in [0.15, 0.2) is 28.2 Å². The number of rotatable bonds is 5. The first-order chi connectivity index (χ1) is 7.83. The lowest BCUT2D eigenvalue weighted by molar-refractivity contribution is -0.118. The van der Waals surface area contributed by atoms with Gasteiger partial charge in [0.15, 0.2) is 0 Å². The van der Waals surface area contributed by atoms with Gasteiger partial charge in [0.05, 0.1) is 0 Å². The highest BCUT2D eigenvalue weighted by molar-refractivity contribution is 7.89. The largest absolute Gasteiger partial charge is 0.370 e. The number of hydrogen-bond donors (Lipinski definition) is 3. The van der Waals surface area contributed by atoms with Crippen LogP contribution in [0.25, 0.3) is 0 Å². The molecule has 0 aliphatic carbocycles. The van der Waals surface area contributed by atoms with Crippen molar-refractivity contribution in [1.82, 2.24) is 9.71 Å². The standard InChI is InChI=1S/C9H13N3O4S/c1-6(4-9(10)14)12-17(15,16)8-5-11-3-2-7(8)13/h2-3,5-6,12H,4H2,1H3,(H2,10,14)(H,11,13). The Morgan fingerprint density at radius 1 is 1.59 bits per heavy atom. The Kier molecular flexibility index (Phi) is 4.02. The maximum absolute atomic E-state index is 11.8. The molecule has 0 radical (unpaired) electrons. The van der Waals surface area contributed by atoms with Gasteiger partial charge < -0.3 is 10.7 Å². The Hall–Kier alpha value is -1.67. The summed E-state index contributed by atoms with van der Waals surface area (Å²) < 4.78 is 25.7. The quantitative estimate of drug-likeness (QED) is 0.622. The van der Waals surface area contributed by atoms with Crippen molar-refractivity contribution in [1.29, 1.82) is 0 Å². The molecule has 8 heteroatoms. The number of nitrogens with one attached hydrogen (secondary N) is 2. The fourth-order valence-electron chi connectivity index (χ4n) is 1.28. The summed E-state index contributed by atoms with van der Waals surface area (Å²) in [4.78, 5) is 24.1. The summed E-state index contributed by atoms with van der Waals surface area (Å²) in [5, 5.41) is 0. The molecule has 1 aromatic heterocycles. The van der Waals surface area contributed by atoms with Crippen LogP contribution in [0.1, 0.15) is 13.3 Å². The molecular weight excluding hydrogens is 246 g/mol. The number of hydrogen-bond acceptors (Lipinski definition) is 4. The third kappa shape index (κ3) is 3.68. The van der Waals surface area contributed by atoms with Crippen LogP contribution in [0, 0.1) is 0 Å². The molecule has 1 rings (SSSR count). The molecule has 0 fully saturated rings. The van der Waals surface area contributed by atoms with Gasteiger partial charge in [0, 0.05) is 30.9 Å². The van der Waals surface area contributed by atoms with Gasteiger partial charge in [0.1, 0.15) is 4.90 Å². The van der Waals surface area contributed by atoms with Gasteiger partial charge in [-0.15, -0.1) is 0 Å². The van der Waals surface area contributed by atoms with Crippen LogP contribution in [-0.4, -0.2) is 25.4 Å². The molecule has 1 unspecified atom stereocenters. The number of nitrogens with two attached hydrogens (primary N) is 1. The first-order valence-corrected chi connectivity index (χ1v) is 6.29. The van der Waals surface area contributed by atoms with E-state index in [2.05, 4.69) is 9.71 Å². The SMILES string of the molecule is CC(CC(N)=O)NS(=O)(=O)c1c[nH]ccc1=O. The second-order valence-corrected chi connectivity index (χ2v) is 5.25. The van der Waals surface area contributed by atoms with Crippen LogP contribution < -0.4 is 15.9 Å². The molecule has 94 valence electrons. The number of carbonyl (C=O) groups is 1. The summed E-state index contributed by atoms with van der Waals surface area (Å²) in [6.07, 6.45) is 2.28. The second-order valence-electron chi connectivity index (χ2n) is 3.57. The average Bonchev–Trinajstić information content (AvgIpc) is 2.15. The van der Waals surface area contributed by atoms with Crippen LogP contribution in [0.3, 0.4) is 0 Å². The lowest BCUT2D eigenvalue weighted by atomic mass is 10.2. The molecule has 4 N–H and O–H groups in total. The molecule has 0 saturated heterocycles. The highest BCUT2D eigenvalue weighted by Crippen LogP contribution is 2.02. The van der Waals surface area contributed by atoms with Gasteiger partial charge in [0.25, 0.3) is 0 Å². The number of aromatic amines is 1. The molecule has 0 saturated carbocycles. The monoisotopic (exact) mass is 259 g/mol. The molecular formula is C9H13N3O4S. The van der Waals surface area contributed by atoms with Crippen molar-refractivity contribution in [3.8, 4) is 0 Å². The molecule has 1 aromatic rings. The highest BCUT2D eigenvalue weighted by atomic mass is 32.2. The zero-order valence-corrected chi connectivity index (χ0v) is 9.95. The van der Waals surface area contributed by atoms with Crippen LogP contribution in [-0.2, 0) is 14.8 Å². The summed E-state index contributed by atoms with van der Waals surface area (Å²) in [6.45, 7) is 1.49. The molecule has 0 aliphatic heterocycles. The molecule has 1 amide bonds. The minimum Gasteiger partial charge on any atom is -0.370 e. The fourth-order valence-corrected chi connectivity index (χ4v) is 2.58. The van der Waals surface area contributed by atoms with Gasteiger partial charge in [-0.3, -0.25) is 9.59 Å². The predicted molar refractivity (Wildman–Crippen MR) is 60.7 cm³/mol. The van der Waals surface area contributed by atoms with Crippen molar-refractivity contribution in [2.24, 2.45) is 5.73 Å². The summed E-state index contributed by atoms with van der Waals surface area (Å²) in [6, 6.07) is 0.435. The van der Waals surface area contributed by atoms with E-state index in [-0.39, 0.29) is 6.42 Å². The van der Waals surface area contributed by atoms with Gasteiger partial charge in [-0.1, -0.05) is 0 Å². The summed E-state index contributed by atoms with van der Waals surface area (Å²) in [5.74, 6) is -0.623. The van der Waals surface area contributed by atoms with Crippen molar-refractivity contribution >= 4 is 15.9 Å². The van der Waals surface area contributed by atoms with E-state index >= 15 is 0 Å². The van der Waals surface area contributed by atoms with E-state index in [1.165, 1.54) is 13.1 Å². The number of amides is 1. The minimum absolute atomic E-state index is 0.135. The van der Waals surface area contributed by atoms with Crippen molar-refractivity contribution < 1.29 is 13.2 Å². The van der Waals surface area contributed by atoms with E-state index in [0.29, 0.717) is 0 Å². The average molecular weight is 259 g/mol. The topological polar surface area (TPSA) is 122 Å². The lowest BCUT2D eigenvalue weighted by Gasteiger charge is -2.11. The van der Waals surface area contributed by atoms with Crippen LogP contribution in [0.2, 0.25) is 0 Å². The molecule has 0 aliphatic rings. The molecule has 0 aromatic carbocycles. The zero-order valence-electron chi connectivity index (χ0n) is 9.14. The Bertz CT molecular complexity index is 564. The van der Waals surface area contributed by atoms with Crippen LogP contribution in [0.4, 0.5) is 0 Å². The number of carbonyl (C=O) groups excluding carboxylic acids is 1. The van der Waals surface area contributed by atoms with Crippen molar-refractivity contribution in [3.63, 3.8) is 0 Å². The Morgan fingerprint density at radius 3 is 2.76 bits per heavy atom. The summed E-state index contributed by atoms with van der Waals surface area (Å²) in [5.41, 5.74) is 4.32. The zero-order chi connectivity index (χ0) is 13.1. The van der Waals surface area contributed by atoms with E-state index < -0.39 is 32.3 Å². The second kappa shape index (κ2) is 5.11. The Morgan fingerprint density at radius 2 is 2.24 bits per heavy atom. The molecule has 0 bridgehead atoms.